The third-order valence-electron chi connectivity index (χ3n) is 13.4. The molecule has 1 saturated heterocycles. The lowest BCUT2D eigenvalue weighted by Crippen LogP contribution is -2.60. The van der Waals surface area contributed by atoms with Crippen molar-refractivity contribution < 1.29 is 39.8 Å². The number of ether oxygens (including phenoxy) is 2. The van der Waals surface area contributed by atoms with E-state index in [4.69, 9.17) is 9.47 Å². The summed E-state index contributed by atoms with van der Waals surface area (Å²) in [6.07, 6.45) is 56.1. The molecule has 1 heterocycles. The molecule has 67 heavy (non-hydrogen) atoms. The molecular weight excluding hydrogens is 839 g/mol. The average Bonchev–Trinajstić information content (AvgIpc) is 3.33. The fraction of sp³-hybridized carbons (Fsp3) is 0.845. The van der Waals surface area contributed by atoms with Crippen molar-refractivity contribution in [1.82, 2.24) is 5.32 Å². The molecule has 9 nitrogen and oxygen atoms in total. The Bertz CT molecular complexity index is 1190. The number of rotatable bonds is 48. The van der Waals surface area contributed by atoms with Gasteiger partial charge in [0.2, 0.25) is 5.91 Å². The van der Waals surface area contributed by atoms with Gasteiger partial charge in [-0.25, -0.2) is 0 Å². The third-order valence-corrected chi connectivity index (χ3v) is 13.4. The van der Waals surface area contributed by atoms with Crippen molar-refractivity contribution in [3.63, 3.8) is 0 Å². The van der Waals surface area contributed by atoms with Crippen LogP contribution in [-0.4, -0.2) is 87.5 Å². The van der Waals surface area contributed by atoms with Crippen LogP contribution >= 0.6 is 0 Å². The Morgan fingerprint density at radius 2 is 0.896 bits per heavy atom. The summed E-state index contributed by atoms with van der Waals surface area (Å²) in [5.41, 5.74) is 0. The van der Waals surface area contributed by atoms with Crippen molar-refractivity contribution in [2.24, 2.45) is 0 Å². The number of nitrogens with one attached hydrogen (secondary N) is 1. The maximum absolute atomic E-state index is 13.0. The Morgan fingerprint density at radius 3 is 1.34 bits per heavy atom. The smallest absolute Gasteiger partial charge is 0.220 e. The summed E-state index contributed by atoms with van der Waals surface area (Å²) in [4.78, 5) is 13.0. The number of aliphatic hydroxyl groups excluding tert-OH is 5. The summed E-state index contributed by atoms with van der Waals surface area (Å²) >= 11 is 0. The van der Waals surface area contributed by atoms with Gasteiger partial charge in [0.25, 0.3) is 0 Å². The van der Waals surface area contributed by atoms with E-state index in [9.17, 15) is 30.3 Å². The summed E-state index contributed by atoms with van der Waals surface area (Å²) < 4.78 is 11.2. The largest absolute Gasteiger partial charge is 0.394 e. The molecule has 6 N–H and O–H groups in total. The van der Waals surface area contributed by atoms with E-state index >= 15 is 0 Å². The van der Waals surface area contributed by atoms with Crippen molar-refractivity contribution >= 4 is 5.91 Å². The Hall–Kier alpha value is -1.85. The van der Waals surface area contributed by atoms with Gasteiger partial charge >= 0.3 is 0 Å². The standard InChI is InChI=1S/C58H107NO8/c1-3-5-7-9-11-13-15-17-19-20-21-22-23-24-25-26-27-28-29-30-31-32-34-36-38-40-42-44-46-48-54(62)59-51(50-66-58-57(65)56(64)55(63)53(49-60)67-58)52(61)47-45-43-41-39-37-35-33-18-16-14-12-10-8-6-4-2/h15,17,20-21,37,39,45,47,51-53,55-58,60-61,63-65H,3-14,16,18-19,22-36,38,40-44,46,48-50H2,1-2H3,(H,59,62)/b17-15-,21-20-,39-37+,47-45+. The molecule has 0 spiro atoms. The van der Waals surface area contributed by atoms with E-state index in [0.717, 1.165) is 44.9 Å². The summed E-state index contributed by atoms with van der Waals surface area (Å²) in [5.74, 6) is -0.185. The van der Waals surface area contributed by atoms with Crippen LogP contribution in [0.15, 0.2) is 48.6 Å². The number of carbonyl (C=O) groups is 1. The van der Waals surface area contributed by atoms with E-state index in [1.54, 1.807) is 6.08 Å². The molecule has 1 fully saturated rings. The van der Waals surface area contributed by atoms with Gasteiger partial charge in [0.1, 0.15) is 24.4 Å². The number of aliphatic hydroxyl groups is 5. The number of hydrogen-bond acceptors (Lipinski definition) is 8. The third kappa shape index (κ3) is 37.6. The number of amides is 1. The second kappa shape index (κ2) is 47.8. The minimum Gasteiger partial charge on any atom is -0.394 e. The first-order chi connectivity index (χ1) is 32.8. The topological polar surface area (TPSA) is 149 Å². The lowest BCUT2D eigenvalue weighted by Gasteiger charge is -2.40. The van der Waals surface area contributed by atoms with Crippen LogP contribution in [-0.2, 0) is 14.3 Å². The summed E-state index contributed by atoms with van der Waals surface area (Å²) in [6, 6.07) is -0.821. The van der Waals surface area contributed by atoms with Crippen molar-refractivity contribution in [2.75, 3.05) is 13.2 Å². The maximum Gasteiger partial charge on any atom is 0.220 e. The van der Waals surface area contributed by atoms with Crippen LogP contribution in [0.2, 0.25) is 0 Å². The van der Waals surface area contributed by atoms with E-state index in [-0.39, 0.29) is 12.5 Å². The molecule has 1 aliphatic rings. The predicted octanol–water partition coefficient (Wildman–Crippen LogP) is 13.7. The molecule has 1 rings (SSSR count). The number of unbranched alkanes of at least 4 members (excludes halogenated alkanes) is 32. The van der Waals surface area contributed by atoms with Crippen molar-refractivity contribution in [3.8, 4) is 0 Å². The van der Waals surface area contributed by atoms with Crippen LogP contribution in [0.1, 0.15) is 258 Å². The molecule has 392 valence electrons. The highest BCUT2D eigenvalue weighted by Gasteiger charge is 2.44. The molecule has 0 aromatic rings. The Balaban J connectivity index is 2.19. The van der Waals surface area contributed by atoms with Gasteiger partial charge in [-0.15, -0.1) is 0 Å². The van der Waals surface area contributed by atoms with Gasteiger partial charge in [-0.05, 0) is 64.2 Å². The highest BCUT2D eigenvalue weighted by molar-refractivity contribution is 5.76. The summed E-state index contributed by atoms with van der Waals surface area (Å²) in [5, 5.41) is 54.4. The molecule has 0 radical (unpaired) electrons. The van der Waals surface area contributed by atoms with Crippen LogP contribution in [0.25, 0.3) is 0 Å². The maximum atomic E-state index is 13.0. The SMILES string of the molecule is CCCCCCC/C=C\C/C=C\CCCCCCCCCCCCCCCCCCCC(=O)NC(COC1OC(CO)C(O)C(O)C1O)C(O)/C=C/CC/C=C/CCCCCCCCCCC. The van der Waals surface area contributed by atoms with Gasteiger partial charge in [0.15, 0.2) is 6.29 Å². The van der Waals surface area contributed by atoms with Gasteiger partial charge in [-0.3, -0.25) is 4.79 Å². The van der Waals surface area contributed by atoms with Crippen LogP contribution in [0.5, 0.6) is 0 Å². The van der Waals surface area contributed by atoms with E-state index < -0.39 is 49.5 Å². The second-order valence-electron chi connectivity index (χ2n) is 19.7. The second-order valence-corrected chi connectivity index (χ2v) is 19.7. The number of allylic oxidation sites excluding steroid dienone is 7. The molecular formula is C58H107NO8. The molecule has 0 aliphatic carbocycles. The zero-order valence-electron chi connectivity index (χ0n) is 43.4. The average molecular weight is 946 g/mol. The first-order valence-corrected chi connectivity index (χ1v) is 28.4. The fourth-order valence-electron chi connectivity index (χ4n) is 8.85. The molecule has 9 heteroatoms. The van der Waals surface area contributed by atoms with E-state index in [0.29, 0.717) is 6.42 Å². The molecule has 0 saturated carbocycles. The number of hydrogen-bond donors (Lipinski definition) is 6. The molecule has 1 aliphatic heterocycles. The fourth-order valence-corrected chi connectivity index (χ4v) is 8.85. The normalized spacial score (nSPS) is 20.0. The zero-order chi connectivity index (χ0) is 48.7. The van der Waals surface area contributed by atoms with E-state index in [1.807, 2.05) is 6.08 Å². The van der Waals surface area contributed by atoms with Crippen LogP contribution in [0.4, 0.5) is 0 Å². The van der Waals surface area contributed by atoms with Gasteiger partial charge in [0, 0.05) is 6.42 Å². The van der Waals surface area contributed by atoms with Gasteiger partial charge in [0.05, 0.1) is 25.4 Å². The van der Waals surface area contributed by atoms with E-state index in [2.05, 4.69) is 55.6 Å². The minimum atomic E-state index is -1.57. The molecule has 7 atom stereocenters. The predicted molar refractivity (Wildman–Crippen MR) is 281 cm³/mol. The molecule has 1 amide bonds. The Labute approximate surface area is 412 Å². The van der Waals surface area contributed by atoms with Gasteiger partial charge in [-0.2, -0.15) is 0 Å². The van der Waals surface area contributed by atoms with Crippen molar-refractivity contribution in [2.45, 2.75) is 301 Å². The van der Waals surface area contributed by atoms with Crippen molar-refractivity contribution in [3.05, 3.63) is 48.6 Å². The number of carbonyl (C=O) groups excluding carboxylic acids is 1. The quantitative estimate of drug-likeness (QED) is 0.0261. The lowest BCUT2D eigenvalue weighted by molar-refractivity contribution is -0.302. The molecule has 0 aromatic heterocycles. The Morgan fingerprint density at radius 1 is 0.507 bits per heavy atom. The Kier molecular flexibility index (Phi) is 45.1. The zero-order valence-corrected chi connectivity index (χ0v) is 43.4. The summed E-state index contributed by atoms with van der Waals surface area (Å²) in [6.45, 7) is 3.76. The van der Waals surface area contributed by atoms with Crippen LogP contribution < -0.4 is 5.32 Å². The molecule has 0 aromatic carbocycles. The first-order valence-electron chi connectivity index (χ1n) is 28.4. The molecule has 0 bridgehead atoms. The monoisotopic (exact) mass is 946 g/mol. The highest BCUT2D eigenvalue weighted by atomic mass is 16.7. The van der Waals surface area contributed by atoms with E-state index in [1.165, 1.54) is 193 Å². The molecule has 7 unspecified atom stereocenters. The van der Waals surface area contributed by atoms with Crippen molar-refractivity contribution in [1.29, 1.82) is 0 Å². The minimum absolute atomic E-state index is 0.185. The summed E-state index contributed by atoms with van der Waals surface area (Å²) in [7, 11) is 0. The van der Waals surface area contributed by atoms with Crippen LogP contribution in [0.3, 0.4) is 0 Å². The first kappa shape index (κ1) is 63.2. The van der Waals surface area contributed by atoms with Crippen LogP contribution in [0, 0.1) is 0 Å². The van der Waals surface area contributed by atoms with Gasteiger partial charge in [-0.1, -0.05) is 236 Å². The van der Waals surface area contributed by atoms with Gasteiger partial charge < -0.3 is 40.3 Å². The highest BCUT2D eigenvalue weighted by Crippen LogP contribution is 2.23. The lowest BCUT2D eigenvalue weighted by atomic mass is 9.99.